The van der Waals surface area contributed by atoms with Crippen LogP contribution in [0.1, 0.15) is 60.3 Å². The predicted octanol–water partition coefficient (Wildman–Crippen LogP) is 2.27. The summed E-state index contributed by atoms with van der Waals surface area (Å²) in [6.45, 7) is 10.1. The maximum absolute atomic E-state index is 13.3. The van der Waals surface area contributed by atoms with E-state index in [0.717, 1.165) is 25.8 Å². The predicted molar refractivity (Wildman–Crippen MR) is 110 cm³/mol. The maximum Gasteiger partial charge on any atom is 0.331 e. The van der Waals surface area contributed by atoms with Gasteiger partial charge in [0.25, 0.3) is 0 Å². The fourth-order valence-corrected chi connectivity index (χ4v) is 3.52. The van der Waals surface area contributed by atoms with Crippen LogP contribution in [0.5, 0.6) is 0 Å². The number of amides is 2. The summed E-state index contributed by atoms with van der Waals surface area (Å²) in [4.78, 5) is 40.9. The lowest BCUT2D eigenvalue weighted by molar-refractivity contribution is -0.141. The lowest BCUT2D eigenvalue weighted by atomic mass is 9.85. The molecule has 0 aromatic carbocycles. The van der Waals surface area contributed by atoms with Gasteiger partial charge in [-0.3, -0.25) is 14.5 Å². The number of hydrogen-bond donors (Lipinski definition) is 2. The van der Waals surface area contributed by atoms with Crippen LogP contribution in [-0.4, -0.2) is 71.5 Å². The van der Waals surface area contributed by atoms with Crippen LogP contribution in [-0.2, 0) is 14.4 Å². The third-order valence-electron chi connectivity index (χ3n) is 5.52. The minimum Gasteiger partial charge on any atom is -0.478 e. The Bertz CT molecular complexity index is 609. The van der Waals surface area contributed by atoms with Crippen LogP contribution in [0.4, 0.5) is 0 Å². The van der Waals surface area contributed by atoms with Gasteiger partial charge in [-0.2, -0.15) is 0 Å². The van der Waals surface area contributed by atoms with E-state index in [9.17, 15) is 14.4 Å². The van der Waals surface area contributed by atoms with Crippen molar-refractivity contribution in [2.45, 2.75) is 78.4 Å². The van der Waals surface area contributed by atoms with Crippen molar-refractivity contribution in [1.29, 1.82) is 0 Å². The molecule has 0 spiro atoms. The summed E-state index contributed by atoms with van der Waals surface area (Å²) in [6, 6.07) is -1.25. The molecule has 0 radical (unpaired) electrons. The highest BCUT2D eigenvalue weighted by atomic mass is 16.4. The van der Waals surface area contributed by atoms with Crippen molar-refractivity contribution >= 4 is 17.8 Å². The molecule has 28 heavy (non-hydrogen) atoms. The number of likely N-dealkylation sites (N-methyl/N-ethyl adjacent to an activating group) is 2. The van der Waals surface area contributed by atoms with Gasteiger partial charge in [-0.1, -0.05) is 40.2 Å². The first-order valence-corrected chi connectivity index (χ1v) is 10.1. The number of nitrogens with one attached hydrogen (secondary N) is 1. The van der Waals surface area contributed by atoms with Gasteiger partial charge in [0.05, 0.1) is 12.1 Å². The van der Waals surface area contributed by atoms with Gasteiger partial charge in [-0.05, 0) is 45.2 Å². The number of hydrogen-bond acceptors (Lipinski definition) is 4. The van der Waals surface area contributed by atoms with E-state index in [1.54, 1.807) is 18.0 Å². The Morgan fingerprint density at radius 3 is 2.36 bits per heavy atom. The third kappa shape index (κ3) is 6.33. The molecule has 1 aliphatic heterocycles. The number of carbonyl (C=O) groups excluding carboxylic acids is 2. The smallest absolute Gasteiger partial charge is 0.331 e. The van der Waals surface area contributed by atoms with E-state index in [1.165, 1.54) is 6.92 Å². The monoisotopic (exact) mass is 395 g/mol. The van der Waals surface area contributed by atoms with Gasteiger partial charge in [0, 0.05) is 12.6 Å². The molecule has 1 aliphatic rings. The van der Waals surface area contributed by atoms with Gasteiger partial charge >= 0.3 is 5.97 Å². The minimum atomic E-state index is -1.000. The molecule has 1 heterocycles. The quantitative estimate of drug-likeness (QED) is 0.646. The van der Waals surface area contributed by atoms with Crippen LogP contribution in [0.25, 0.3) is 0 Å². The number of carbonyl (C=O) groups is 3. The van der Waals surface area contributed by atoms with Crippen LogP contribution >= 0.6 is 0 Å². The number of carboxylic acid groups (broad SMARTS) is 1. The van der Waals surface area contributed by atoms with E-state index in [-0.39, 0.29) is 29.5 Å². The van der Waals surface area contributed by atoms with Crippen molar-refractivity contribution in [3.05, 3.63) is 11.6 Å². The Morgan fingerprint density at radius 2 is 1.89 bits per heavy atom. The summed E-state index contributed by atoms with van der Waals surface area (Å²) >= 11 is 0. The van der Waals surface area contributed by atoms with E-state index in [2.05, 4.69) is 5.32 Å². The molecule has 160 valence electrons. The summed E-state index contributed by atoms with van der Waals surface area (Å²) < 4.78 is 0. The maximum atomic E-state index is 13.3. The van der Waals surface area contributed by atoms with Crippen LogP contribution in [0.2, 0.25) is 0 Å². The summed E-state index contributed by atoms with van der Waals surface area (Å²) in [5, 5.41) is 12.1. The molecule has 2 amide bonds. The summed E-state index contributed by atoms with van der Waals surface area (Å²) in [7, 11) is 3.61. The molecule has 7 heteroatoms. The molecular weight excluding hydrogens is 358 g/mol. The molecule has 0 bridgehead atoms. The first kappa shape index (κ1) is 24.1. The number of likely N-dealkylation sites (tertiary alicyclic amines) is 1. The van der Waals surface area contributed by atoms with Gasteiger partial charge < -0.3 is 15.3 Å². The van der Waals surface area contributed by atoms with E-state index in [0.29, 0.717) is 6.42 Å². The number of carboxylic acids is 1. The highest BCUT2D eigenvalue weighted by molar-refractivity contribution is 5.91. The first-order valence-electron chi connectivity index (χ1n) is 10.1. The first-order chi connectivity index (χ1) is 12.9. The highest BCUT2D eigenvalue weighted by Crippen LogP contribution is 2.24. The summed E-state index contributed by atoms with van der Waals surface area (Å²) in [5.41, 5.74) is -0.273. The average molecular weight is 396 g/mol. The van der Waals surface area contributed by atoms with Gasteiger partial charge in [-0.25, -0.2) is 4.79 Å². The van der Waals surface area contributed by atoms with Crippen LogP contribution < -0.4 is 5.32 Å². The van der Waals surface area contributed by atoms with Crippen LogP contribution in [0.15, 0.2) is 11.6 Å². The fraction of sp³-hybridized carbons (Fsp3) is 0.762. The molecular formula is C21H37N3O4. The SMILES string of the molecule is CCC(/C=C(\C)C(=O)O)N(C)C(=O)C(NC(=O)C1CCCCN1C)C(C)(C)C. The van der Waals surface area contributed by atoms with Gasteiger partial charge in [0.1, 0.15) is 6.04 Å². The molecule has 0 aliphatic carbocycles. The molecule has 2 N–H and O–H groups in total. The number of nitrogens with zero attached hydrogens (tertiary/aromatic N) is 2. The Hall–Kier alpha value is -1.89. The lowest BCUT2D eigenvalue weighted by Crippen LogP contribution is -2.59. The molecule has 7 nitrogen and oxygen atoms in total. The molecule has 0 aromatic rings. The van der Waals surface area contributed by atoms with E-state index in [4.69, 9.17) is 5.11 Å². The van der Waals surface area contributed by atoms with E-state index in [1.807, 2.05) is 39.6 Å². The second-order valence-electron chi connectivity index (χ2n) is 8.88. The van der Waals surface area contributed by atoms with Crippen molar-refractivity contribution in [3.8, 4) is 0 Å². The average Bonchev–Trinajstić information content (AvgIpc) is 2.61. The standard InChI is InChI=1S/C21H37N3O4/c1-8-15(13-14(2)20(27)28)24(7)19(26)17(21(3,4)5)22-18(25)16-11-9-10-12-23(16)6/h13,15-17H,8-12H2,1-7H3,(H,22,25)(H,27,28)/b14-13+. The molecule has 1 rings (SSSR count). The Kier molecular flexibility index (Phi) is 8.67. The molecule has 1 saturated heterocycles. The van der Waals surface area contributed by atoms with Crippen molar-refractivity contribution in [2.24, 2.45) is 5.41 Å². The van der Waals surface area contributed by atoms with Crippen molar-refractivity contribution < 1.29 is 19.5 Å². The van der Waals surface area contributed by atoms with E-state index < -0.39 is 17.4 Å². The number of piperidine rings is 1. The zero-order valence-electron chi connectivity index (χ0n) is 18.4. The fourth-order valence-electron chi connectivity index (χ4n) is 3.52. The molecule has 3 atom stereocenters. The zero-order valence-corrected chi connectivity index (χ0v) is 18.4. The number of rotatable bonds is 7. The van der Waals surface area contributed by atoms with Crippen molar-refractivity contribution in [3.63, 3.8) is 0 Å². The Labute approximate surface area is 169 Å². The van der Waals surface area contributed by atoms with Crippen LogP contribution in [0.3, 0.4) is 0 Å². The van der Waals surface area contributed by atoms with Gasteiger partial charge in [0.2, 0.25) is 11.8 Å². The normalized spacial score (nSPS) is 21.0. The van der Waals surface area contributed by atoms with Crippen LogP contribution in [0, 0.1) is 5.41 Å². The number of aliphatic carboxylic acids is 1. The Morgan fingerprint density at radius 1 is 1.29 bits per heavy atom. The van der Waals surface area contributed by atoms with Crippen molar-refractivity contribution in [2.75, 3.05) is 20.6 Å². The molecule has 1 fully saturated rings. The van der Waals surface area contributed by atoms with E-state index >= 15 is 0 Å². The molecule has 3 unspecified atom stereocenters. The molecule has 0 aromatic heterocycles. The van der Waals surface area contributed by atoms with Crippen molar-refractivity contribution in [1.82, 2.24) is 15.1 Å². The minimum absolute atomic E-state index is 0.116. The summed E-state index contributed by atoms with van der Waals surface area (Å²) in [6.07, 6.45) is 5.06. The topological polar surface area (TPSA) is 90.0 Å². The lowest BCUT2D eigenvalue weighted by Gasteiger charge is -2.38. The van der Waals surface area contributed by atoms with Gasteiger partial charge in [0.15, 0.2) is 0 Å². The highest BCUT2D eigenvalue weighted by Gasteiger charge is 2.38. The largest absolute Gasteiger partial charge is 0.478 e. The summed E-state index contributed by atoms with van der Waals surface area (Å²) in [5.74, 6) is -1.32. The zero-order chi connectivity index (χ0) is 21.6. The van der Waals surface area contributed by atoms with Gasteiger partial charge in [-0.15, -0.1) is 0 Å². The second-order valence-corrected chi connectivity index (χ2v) is 8.88. The Balaban J connectivity index is 3.02. The second kappa shape index (κ2) is 10.0. The third-order valence-corrected chi connectivity index (χ3v) is 5.52. The molecule has 0 saturated carbocycles.